The zero-order chi connectivity index (χ0) is 19.8. The van der Waals surface area contributed by atoms with Crippen LogP contribution in [0.4, 0.5) is 0 Å². The third-order valence-corrected chi connectivity index (χ3v) is 4.33. The second-order valence-corrected chi connectivity index (χ2v) is 6.29. The molecule has 0 saturated heterocycles. The van der Waals surface area contributed by atoms with Crippen molar-refractivity contribution in [1.82, 2.24) is 20.4 Å². The lowest BCUT2D eigenvalue weighted by atomic mass is 10.3. The summed E-state index contributed by atoms with van der Waals surface area (Å²) in [5.74, 6) is 0.781. The maximum absolute atomic E-state index is 6.05. The van der Waals surface area contributed by atoms with Gasteiger partial charge in [0.2, 0.25) is 11.3 Å². The quantitative estimate of drug-likeness (QED) is 0.184. The van der Waals surface area contributed by atoms with E-state index in [0.29, 0.717) is 12.4 Å². The van der Waals surface area contributed by atoms with Crippen LogP contribution in [-0.2, 0) is 0 Å². The molecule has 0 amide bonds. The van der Waals surface area contributed by atoms with Gasteiger partial charge in [-0.25, -0.2) is 0 Å². The lowest BCUT2D eigenvalue weighted by Crippen LogP contribution is -2.32. The highest BCUT2D eigenvalue weighted by Crippen LogP contribution is 1.93. The molecule has 0 aliphatic carbocycles. The third-order valence-electron chi connectivity index (χ3n) is 4.15. The first kappa shape index (κ1) is 24.7. The molecule has 7 nitrogen and oxygen atoms in total. The average Bonchev–Trinajstić information content (AvgIpc) is 2.61. The van der Waals surface area contributed by atoms with Crippen molar-refractivity contribution < 1.29 is 0 Å². The molecule has 0 aromatic carbocycles. The van der Waals surface area contributed by atoms with Crippen molar-refractivity contribution in [3.63, 3.8) is 0 Å². The summed E-state index contributed by atoms with van der Waals surface area (Å²) in [6.45, 7) is 20.3. The van der Waals surface area contributed by atoms with Crippen LogP contribution >= 0.6 is 11.6 Å². The molecule has 0 unspecified atom stereocenters. The number of aliphatic imine (C=N–C) groups is 2. The fraction of sp³-hybridized carbons (Fsp3) is 0.778. The maximum Gasteiger partial charge on any atom is 0.218 e. The Hall–Kier alpha value is -1.31. The molecule has 4 N–H and O–H groups in total. The molecule has 0 atom stereocenters. The van der Waals surface area contributed by atoms with Gasteiger partial charge in [0.05, 0.1) is 5.82 Å². The smallest absolute Gasteiger partial charge is 0.218 e. The Morgan fingerprint density at radius 1 is 1.00 bits per heavy atom. The van der Waals surface area contributed by atoms with Crippen LogP contribution in [0, 0.1) is 0 Å². The van der Waals surface area contributed by atoms with E-state index in [4.69, 9.17) is 17.3 Å². The van der Waals surface area contributed by atoms with Crippen molar-refractivity contribution in [3.8, 4) is 0 Å². The van der Waals surface area contributed by atoms with Crippen LogP contribution in [0.2, 0.25) is 0 Å². The monoisotopic (exact) mass is 387 g/mol. The lowest BCUT2D eigenvalue weighted by Gasteiger charge is -2.18. The van der Waals surface area contributed by atoms with Gasteiger partial charge in [-0.05, 0) is 63.7 Å². The fourth-order valence-corrected chi connectivity index (χ4v) is 2.64. The Morgan fingerprint density at radius 2 is 1.54 bits per heavy atom. The molecule has 8 heteroatoms. The van der Waals surface area contributed by atoms with Crippen LogP contribution in [0.15, 0.2) is 22.4 Å². The van der Waals surface area contributed by atoms with Crippen LogP contribution in [0.25, 0.3) is 0 Å². The van der Waals surface area contributed by atoms with E-state index in [1.54, 1.807) is 0 Å². The highest BCUT2D eigenvalue weighted by molar-refractivity contribution is 6.65. The lowest BCUT2D eigenvalue weighted by molar-refractivity contribution is 0.299. The number of nitrogens with two attached hydrogens (primary N) is 1. The van der Waals surface area contributed by atoms with E-state index in [1.165, 1.54) is 0 Å². The SMILES string of the molecule is C=C(NCCCN(CC)CC)NC(Cl)=NC(N)=NCCCN(CC)CC. The Kier molecular flexibility index (Phi) is 15.1. The van der Waals surface area contributed by atoms with Crippen molar-refractivity contribution in [2.45, 2.75) is 40.5 Å². The molecule has 0 aliphatic heterocycles. The van der Waals surface area contributed by atoms with E-state index in [1.807, 2.05) is 0 Å². The molecular formula is C18H38ClN7. The van der Waals surface area contributed by atoms with Crippen LogP contribution in [0.5, 0.6) is 0 Å². The number of rotatable bonds is 14. The van der Waals surface area contributed by atoms with E-state index in [0.717, 1.165) is 58.7 Å². The van der Waals surface area contributed by atoms with Gasteiger partial charge in [-0.1, -0.05) is 34.3 Å². The molecule has 0 radical (unpaired) electrons. The Bertz CT molecular complexity index is 429. The van der Waals surface area contributed by atoms with E-state index in [-0.39, 0.29) is 11.3 Å². The summed E-state index contributed by atoms with van der Waals surface area (Å²) in [6.07, 6.45) is 1.98. The van der Waals surface area contributed by atoms with Crippen LogP contribution < -0.4 is 16.4 Å². The predicted molar refractivity (Wildman–Crippen MR) is 115 cm³/mol. The molecule has 152 valence electrons. The molecule has 0 aliphatic rings. The molecular weight excluding hydrogens is 350 g/mol. The van der Waals surface area contributed by atoms with Crippen LogP contribution in [-0.4, -0.2) is 73.4 Å². The molecule has 0 fully saturated rings. The summed E-state index contributed by atoms with van der Waals surface area (Å²) >= 11 is 6.05. The van der Waals surface area contributed by atoms with Gasteiger partial charge in [0, 0.05) is 13.1 Å². The van der Waals surface area contributed by atoms with Gasteiger partial charge in [0.1, 0.15) is 0 Å². The van der Waals surface area contributed by atoms with Gasteiger partial charge in [-0.2, -0.15) is 4.99 Å². The first-order valence-electron chi connectivity index (χ1n) is 9.65. The summed E-state index contributed by atoms with van der Waals surface area (Å²) in [4.78, 5) is 13.0. The summed E-state index contributed by atoms with van der Waals surface area (Å²) in [6, 6.07) is 0. The summed E-state index contributed by atoms with van der Waals surface area (Å²) in [5.41, 5.74) is 5.79. The Balaban J connectivity index is 4.05. The Morgan fingerprint density at radius 3 is 2.08 bits per heavy atom. The minimum atomic E-state index is 0.163. The molecule has 26 heavy (non-hydrogen) atoms. The van der Waals surface area contributed by atoms with Gasteiger partial charge in [0.15, 0.2) is 0 Å². The van der Waals surface area contributed by atoms with Crippen molar-refractivity contribution >= 4 is 22.9 Å². The predicted octanol–water partition coefficient (Wildman–Crippen LogP) is 2.01. The number of nitrogens with one attached hydrogen (secondary N) is 2. The summed E-state index contributed by atoms with van der Waals surface area (Å²) in [7, 11) is 0. The van der Waals surface area contributed by atoms with Gasteiger partial charge >= 0.3 is 0 Å². The van der Waals surface area contributed by atoms with Crippen molar-refractivity contribution in [2.24, 2.45) is 15.7 Å². The zero-order valence-corrected chi connectivity index (χ0v) is 17.8. The largest absolute Gasteiger partial charge is 0.372 e. The number of halogens is 1. The van der Waals surface area contributed by atoms with E-state index >= 15 is 0 Å². The number of amidine groups is 1. The standard InChI is InChI=1S/C18H38ClN7/c1-6-25(7-2)14-10-12-21-16(5)23-17(19)24-18(20)22-13-11-15-26(8-3)9-4/h21H,5-15H2,1-4H3,(H3,20,22,23,24). The molecule has 0 aromatic heterocycles. The minimum Gasteiger partial charge on any atom is -0.372 e. The normalized spacial score (nSPS) is 12.7. The molecule has 0 aromatic rings. The second-order valence-electron chi connectivity index (χ2n) is 5.93. The van der Waals surface area contributed by atoms with Crippen molar-refractivity contribution in [1.29, 1.82) is 0 Å². The first-order chi connectivity index (χ1) is 12.5. The average molecular weight is 388 g/mol. The number of hydrogen-bond acceptors (Lipinski definition) is 4. The zero-order valence-electron chi connectivity index (χ0n) is 17.0. The molecule has 0 spiro atoms. The molecule has 0 rings (SSSR count). The molecule has 0 bridgehead atoms. The third kappa shape index (κ3) is 13.0. The molecule has 0 heterocycles. The number of nitrogens with zero attached hydrogens (tertiary/aromatic N) is 4. The van der Waals surface area contributed by atoms with E-state index in [9.17, 15) is 0 Å². The van der Waals surface area contributed by atoms with Crippen molar-refractivity contribution in [2.75, 3.05) is 52.4 Å². The van der Waals surface area contributed by atoms with E-state index in [2.05, 4.69) is 64.7 Å². The highest BCUT2D eigenvalue weighted by Gasteiger charge is 2.01. The molecule has 0 saturated carbocycles. The topological polar surface area (TPSA) is 81.3 Å². The van der Waals surface area contributed by atoms with Gasteiger partial charge in [-0.15, -0.1) is 0 Å². The first-order valence-corrected chi connectivity index (χ1v) is 10.0. The highest BCUT2D eigenvalue weighted by atomic mass is 35.5. The summed E-state index contributed by atoms with van der Waals surface area (Å²) in [5, 5.41) is 6.23. The van der Waals surface area contributed by atoms with Gasteiger partial charge in [0.25, 0.3) is 0 Å². The number of hydrogen-bond donors (Lipinski definition) is 3. The minimum absolute atomic E-state index is 0.163. The fourth-order valence-electron chi connectivity index (χ4n) is 2.44. The second kappa shape index (κ2) is 15.9. The maximum atomic E-state index is 6.05. The van der Waals surface area contributed by atoms with Gasteiger partial charge in [-0.3, -0.25) is 4.99 Å². The van der Waals surface area contributed by atoms with E-state index < -0.39 is 0 Å². The Labute approximate surface area is 164 Å². The van der Waals surface area contributed by atoms with Crippen LogP contribution in [0.3, 0.4) is 0 Å². The number of guanidine groups is 1. The van der Waals surface area contributed by atoms with Crippen LogP contribution in [0.1, 0.15) is 40.5 Å². The van der Waals surface area contributed by atoms with Gasteiger partial charge < -0.3 is 26.2 Å². The summed E-state index contributed by atoms with van der Waals surface area (Å²) < 4.78 is 0. The van der Waals surface area contributed by atoms with Crippen molar-refractivity contribution in [3.05, 3.63) is 12.4 Å².